The number of aromatic amines is 1. The number of rotatable bonds is 7. The van der Waals surface area contributed by atoms with Gasteiger partial charge in [-0.1, -0.05) is 30.1 Å². The molecule has 1 aliphatic heterocycles. The number of imidazole rings is 1. The van der Waals surface area contributed by atoms with Crippen LogP contribution in [0.15, 0.2) is 41.5 Å². The van der Waals surface area contributed by atoms with Crippen molar-refractivity contribution in [2.45, 2.75) is 38.8 Å². The van der Waals surface area contributed by atoms with Crippen molar-refractivity contribution in [3.63, 3.8) is 0 Å². The molecule has 0 bridgehead atoms. The van der Waals surface area contributed by atoms with Crippen molar-refractivity contribution in [3.8, 4) is 11.3 Å². The predicted octanol–water partition coefficient (Wildman–Crippen LogP) is 5.04. The smallest absolute Gasteiger partial charge is 0.360 e. The average Bonchev–Trinajstić information content (AvgIpc) is 3.45. The number of halogens is 3. The van der Waals surface area contributed by atoms with Crippen LogP contribution in [0.4, 0.5) is 4.39 Å². The Hall–Kier alpha value is -2.88. The van der Waals surface area contributed by atoms with Gasteiger partial charge in [0.1, 0.15) is 11.3 Å². The Bertz CT molecular complexity index is 1410. The first-order chi connectivity index (χ1) is 16.9. The summed E-state index contributed by atoms with van der Waals surface area (Å²) in [6.45, 7) is 4.24. The predicted molar refractivity (Wildman–Crippen MR) is 131 cm³/mol. The Balaban J connectivity index is 1.41. The molecule has 3 aromatic heterocycles. The highest BCUT2D eigenvalue weighted by Crippen LogP contribution is 2.35. The lowest BCUT2D eigenvalue weighted by Gasteiger charge is -2.21. The first kappa shape index (κ1) is 23.8. The quantitative estimate of drug-likeness (QED) is 0.345. The van der Waals surface area contributed by atoms with Crippen LogP contribution in [0, 0.1) is 11.7 Å². The van der Waals surface area contributed by atoms with Crippen LogP contribution in [0.2, 0.25) is 10.0 Å². The van der Waals surface area contributed by atoms with Crippen LogP contribution in [0.25, 0.3) is 22.4 Å². The van der Waals surface area contributed by atoms with Gasteiger partial charge in [0.2, 0.25) is 0 Å². The number of benzene rings is 1. The molecule has 0 aliphatic carbocycles. The number of hydrogen-bond donors (Lipinski definition) is 1. The zero-order valence-electron chi connectivity index (χ0n) is 19.0. The molecule has 0 spiro atoms. The minimum absolute atomic E-state index is 0.129. The lowest BCUT2D eigenvalue weighted by atomic mass is 10.0. The van der Waals surface area contributed by atoms with Crippen molar-refractivity contribution >= 4 is 34.4 Å². The third-order valence-electron chi connectivity index (χ3n) is 6.22. The standard InChI is InChI=1S/C24H24Cl2FN5O3/c1-2-20(21-16(25)3-4-17(27)22(21)26)35-32-19-6-5-18(29-23(19)30-24(32)33)15-11-28-31(13-15)12-14-7-9-34-10-8-14/h3-6,11,13-14,20H,2,7-10,12H2,1H3,(H,29,30,33). The minimum Gasteiger partial charge on any atom is -0.401 e. The second-order valence-corrected chi connectivity index (χ2v) is 9.34. The molecular formula is C24H24Cl2FN5O3. The van der Waals surface area contributed by atoms with Gasteiger partial charge < -0.3 is 9.57 Å². The number of hydrogen-bond acceptors (Lipinski definition) is 5. The van der Waals surface area contributed by atoms with Crippen molar-refractivity contribution in [1.29, 1.82) is 0 Å². The van der Waals surface area contributed by atoms with Crippen LogP contribution in [0.1, 0.15) is 37.9 Å². The van der Waals surface area contributed by atoms with Crippen molar-refractivity contribution in [2.75, 3.05) is 13.2 Å². The first-order valence-corrected chi connectivity index (χ1v) is 12.2. The van der Waals surface area contributed by atoms with Crippen LogP contribution in [-0.2, 0) is 11.3 Å². The van der Waals surface area contributed by atoms with Gasteiger partial charge in [0.05, 0.1) is 16.9 Å². The molecule has 0 amide bonds. The van der Waals surface area contributed by atoms with E-state index in [4.69, 9.17) is 32.8 Å². The number of aromatic nitrogens is 5. The zero-order valence-corrected chi connectivity index (χ0v) is 20.5. The maximum atomic E-state index is 14.1. The molecule has 35 heavy (non-hydrogen) atoms. The van der Waals surface area contributed by atoms with Crippen molar-refractivity contribution < 1.29 is 14.0 Å². The number of H-pyrrole nitrogens is 1. The van der Waals surface area contributed by atoms with E-state index in [-0.39, 0.29) is 10.0 Å². The molecule has 1 saturated heterocycles. The summed E-state index contributed by atoms with van der Waals surface area (Å²) >= 11 is 12.4. The molecule has 4 aromatic rings. The Morgan fingerprint density at radius 1 is 1.26 bits per heavy atom. The maximum Gasteiger partial charge on any atom is 0.360 e. The van der Waals surface area contributed by atoms with E-state index in [1.54, 1.807) is 18.3 Å². The van der Waals surface area contributed by atoms with E-state index in [1.807, 2.05) is 17.8 Å². The van der Waals surface area contributed by atoms with Crippen molar-refractivity contribution in [1.82, 2.24) is 24.5 Å². The summed E-state index contributed by atoms with van der Waals surface area (Å²) in [5.41, 5.74) is 2.10. The summed E-state index contributed by atoms with van der Waals surface area (Å²) in [6.07, 6.45) is 5.43. The molecule has 1 aliphatic rings. The van der Waals surface area contributed by atoms with Crippen LogP contribution < -0.4 is 10.5 Å². The second kappa shape index (κ2) is 10.0. The molecule has 1 unspecified atom stereocenters. The minimum atomic E-state index is -0.745. The third kappa shape index (κ3) is 4.80. The summed E-state index contributed by atoms with van der Waals surface area (Å²) in [7, 11) is 0. The third-order valence-corrected chi connectivity index (χ3v) is 6.94. The molecule has 0 radical (unpaired) electrons. The van der Waals surface area contributed by atoms with Crippen LogP contribution in [0.5, 0.6) is 0 Å². The van der Waals surface area contributed by atoms with E-state index in [2.05, 4.69) is 15.1 Å². The molecule has 4 heterocycles. The number of fused-ring (bicyclic) bond motifs is 1. The molecule has 1 aromatic carbocycles. The summed E-state index contributed by atoms with van der Waals surface area (Å²) < 4.78 is 22.5. The molecule has 1 N–H and O–H groups in total. The van der Waals surface area contributed by atoms with E-state index < -0.39 is 17.6 Å². The number of nitrogens with zero attached hydrogens (tertiary/aromatic N) is 4. The van der Waals surface area contributed by atoms with Crippen LogP contribution in [0.3, 0.4) is 0 Å². The van der Waals surface area contributed by atoms with E-state index >= 15 is 0 Å². The van der Waals surface area contributed by atoms with Gasteiger partial charge in [0.25, 0.3) is 0 Å². The Morgan fingerprint density at radius 3 is 2.83 bits per heavy atom. The maximum absolute atomic E-state index is 14.1. The second-order valence-electron chi connectivity index (χ2n) is 8.55. The number of nitrogens with one attached hydrogen (secondary N) is 1. The van der Waals surface area contributed by atoms with Gasteiger partial charge in [0, 0.05) is 42.1 Å². The van der Waals surface area contributed by atoms with Gasteiger partial charge in [-0.15, -0.1) is 4.73 Å². The molecule has 11 heteroatoms. The first-order valence-electron chi connectivity index (χ1n) is 11.5. The van der Waals surface area contributed by atoms with Crippen LogP contribution >= 0.6 is 23.2 Å². The number of pyridine rings is 1. The lowest BCUT2D eigenvalue weighted by Crippen LogP contribution is -2.27. The highest BCUT2D eigenvalue weighted by Gasteiger charge is 2.24. The molecule has 1 atom stereocenters. The summed E-state index contributed by atoms with van der Waals surface area (Å²) in [4.78, 5) is 26.0. The lowest BCUT2D eigenvalue weighted by molar-refractivity contribution is 0.0350. The zero-order chi connectivity index (χ0) is 24.5. The van der Waals surface area contributed by atoms with Crippen molar-refractivity contribution in [2.24, 2.45) is 5.92 Å². The van der Waals surface area contributed by atoms with E-state index in [0.717, 1.165) is 42.9 Å². The largest absolute Gasteiger partial charge is 0.401 e. The van der Waals surface area contributed by atoms with E-state index in [0.29, 0.717) is 34.8 Å². The van der Waals surface area contributed by atoms with Gasteiger partial charge in [-0.25, -0.2) is 14.2 Å². The molecule has 0 saturated carbocycles. The summed E-state index contributed by atoms with van der Waals surface area (Å²) in [6, 6.07) is 6.15. The molecule has 184 valence electrons. The van der Waals surface area contributed by atoms with Gasteiger partial charge in [-0.2, -0.15) is 5.10 Å². The highest BCUT2D eigenvalue weighted by molar-refractivity contribution is 6.36. The van der Waals surface area contributed by atoms with Gasteiger partial charge in [0.15, 0.2) is 11.8 Å². The SMILES string of the molecule is CCC(On1c(=O)[nH]c2nc(-c3cnn(CC4CCOCC4)c3)ccc21)c1c(Cl)ccc(F)c1Cl. The summed E-state index contributed by atoms with van der Waals surface area (Å²) in [5, 5.41) is 4.60. The Labute approximate surface area is 210 Å². The molecule has 1 fully saturated rings. The molecular weight excluding hydrogens is 496 g/mol. The summed E-state index contributed by atoms with van der Waals surface area (Å²) in [5.74, 6) is -0.0656. The normalized spacial score (nSPS) is 15.5. The van der Waals surface area contributed by atoms with Crippen LogP contribution in [-0.4, -0.2) is 37.7 Å². The Morgan fingerprint density at radius 2 is 2.06 bits per heavy atom. The van der Waals surface area contributed by atoms with E-state index in [1.165, 1.54) is 12.1 Å². The highest BCUT2D eigenvalue weighted by atomic mass is 35.5. The topological polar surface area (TPSA) is 87.0 Å². The van der Waals surface area contributed by atoms with Gasteiger partial charge in [-0.05, 0) is 49.4 Å². The average molecular weight is 520 g/mol. The van der Waals surface area contributed by atoms with Crippen molar-refractivity contribution in [3.05, 3.63) is 68.6 Å². The number of ether oxygens (including phenoxy) is 1. The monoisotopic (exact) mass is 519 g/mol. The molecule has 5 rings (SSSR count). The fourth-order valence-corrected chi connectivity index (χ4v) is 4.93. The fraction of sp³-hybridized carbons (Fsp3) is 0.375. The van der Waals surface area contributed by atoms with Gasteiger partial charge in [-0.3, -0.25) is 9.67 Å². The van der Waals surface area contributed by atoms with Gasteiger partial charge >= 0.3 is 5.69 Å². The fourth-order valence-electron chi connectivity index (χ4n) is 4.32. The van der Waals surface area contributed by atoms with E-state index in [9.17, 15) is 9.18 Å². The molecule has 8 nitrogen and oxygen atoms in total. The Kier molecular flexibility index (Phi) is 6.82.